The van der Waals surface area contributed by atoms with Crippen LogP contribution in [0.3, 0.4) is 0 Å². The average Bonchev–Trinajstić information content (AvgIpc) is 3.47. The van der Waals surface area contributed by atoms with Crippen molar-refractivity contribution >= 4 is 5.96 Å². The van der Waals surface area contributed by atoms with Crippen LogP contribution in [0.4, 0.5) is 0 Å². The smallest absolute Gasteiger partial charge is 0.192 e. The van der Waals surface area contributed by atoms with E-state index < -0.39 is 0 Å². The molecule has 0 aliphatic heterocycles. The Hall–Kier alpha value is -3.94. The van der Waals surface area contributed by atoms with Gasteiger partial charge in [-0.15, -0.1) is 10.2 Å². The number of rotatable bonds is 7. The van der Waals surface area contributed by atoms with Gasteiger partial charge in [0.05, 0.1) is 24.8 Å². The fourth-order valence-electron chi connectivity index (χ4n) is 3.32. The van der Waals surface area contributed by atoms with Crippen LogP contribution in [0.15, 0.2) is 78.0 Å². The molecule has 164 valence electrons. The molecule has 32 heavy (non-hydrogen) atoms. The van der Waals surface area contributed by atoms with Crippen LogP contribution in [0.5, 0.6) is 0 Å². The summed E-state index contributed by atoms with van der Waals surface area (Å²) in [4.78, 5) is 4.80. The van der Waals surface area contributed by atoms with Crippen LogP contribution in [0.2, 0.25) is 0 Å². The number of hydrogen-bond acceptors (Lipinski definition) is 4. The minimum atomic E-state index is 0.0359. The van der Waals surface area contributed by atoms with Crippen molar-refractivity contribution in [3.8, 4) is 5.69 Å². The lowest BCUT2D eigenvalue weighted by molar-refractivity contribution is 0.663. The molecule has 0 aliphatic rings. The molecule has 0 spiro atoms. The fourth-order valence-corrected chi connectivity index (χ4v) is 3.32. The normalized spacial score (nSPS) is 12.5. The Morgan fingerprint density at radius 3 is 2.62 bits per heavy atom. The molecule has 0 saturated heterocycles. The van der Waals surface area contributed by atoms with Gasteiger partial charge in [-0.05, 0) is 43.2 Å². The van der Waals surface area contributed by atoms with Crippen LogP contribution in [0.1, 0.15) is 35.7 Å². The summed E-state index contributed by atoms with van der Waals surface area (Å²) in [7, 11) is 1.96. The molecule has 0 amide bonds. The highest BCUT2D eigenvalue weighted by Gasteiger charge is 2.11. The zero-order valence-corrected chi connectivity index (χ0v) is 18.6. The second-order valence-corrected chi connectivity index (χ2v) is 7.64. The lowest BCUT2D eigenvalue weighted by Crippen LogP contribution is -2.39. The van der Waals surface area contributed by atoms with Gasteiger partial charge in [-0.3, -0.25) is 0 Å². The summed E-state index contributed by atoms with van der Waals surface area (Å²) in [5.74, 6) is 2.44. The van der Waals surface area contributed by atoms with Gasteiger partial charge in [0.15, 0.2) is 11.8 Å². The molecule has 1 unspecified atom stereocenters. The van der Waals surface area contributed by atoms with Crippen molar-refractivity contribution < 1.29 is 0 Å². The number of guanidine groups is 1. The molecule has 4 aromatic rings. The van der Waals surface area contributed by atoms with Gasteiger partial charge in [0, 0.05) is 19.4 Å². The number of aryl methyl sites for hydroxylation is 1. The predicted octanol–water partition coefficient (Wildman–Crippen LogP) is 3.31. The quantitative estimate of drug-likeness (QED) is 0.348. The second-order valence-electron chi connectivity index (χ2n) is 7.64. The number of nitrogens with one attached hydrogen (secondary N) is 2. The van der Waals surface area contributed by atoms with Gasteiger partial charge in [0.25, 0.3) is 0 Å². The highest BCUT2D eigenvalue weighted by atomic mass is 15.3. The third kappa shape index (κ3) is 5.21. The lowest BCUT2D eigenvalue weighted by Gasteiger charge is -2.19. The largest absolute Gasteiger partial charge is 0.350 e. The van der Waals surface area contributed by atoms with E-state index in [1.165, 1.54) is 0 Å². The van der Waals surface area contributed by atoms with Crippen molar-refractivity contribution in [2.24, 2.45) is 12.0 Å². The Kier molecular flexibility index (Phi) is 6.60. The maximum Gasteiger partial charge on any atom is 0.192 e. The standard InChI is InChI=1S/C24H28N8/c1-18(21-11-7-12-22(15-21)32-14-8-13-27-32)28-24(25-16-20-9-5-4-6-10-20)26-17-23-30-29-19(2)31(23)3/h4-15,18H,16-17H2,1-3H3,(H2,25,26,28). The molecule has 2 heterocycles. The first-order chi connectivity index (χ1) is 15.6. The van der Waals surface area contributed by atoms with Gasteiger partial charge in [0.2, 0.25) is 0 Å². The molecule has 0 saturated carbocycles. The average molecular weight is 429 g/mol. The van der Waals surface area contributed by atoms with E-state index in [0.29, 0.717) is 19.0 Å². The Bertz CT molecular complexity index is 1160. The zero-order chi connectivity index (χ0) is 22.3. The summed E-state index contributed by atoms with van der Waals surface area (Å²) in [5.41, 5.74) is 3.31. The second kappa shape index (κ2) is 9.91. The topological polar surface area (TPSA) is 84.9 Å². The molecule has 2 aromatic carbocycles. The van der Waals surface area contributed by atoms with E-state index in [1.54, 1.807) is 6.20 Å². The molecular weight excluding hydrogens is 400 g/mol. The number of aromatic nitrogens is 5. The number of aliphatic imine (C=N–C) groups is 1. The van der Waals surface area contributed by atoms with Crippen LogP contribution in [-0.2, 0) is 20.1 Å². The molecular formula is C24H28N8. The first-order valence-corrected chi connectivity index (χ1v) is 10.6. The third-order valence-electron chi connectivity index (χ3n) is 5.35. The molecule has 8 nitrogen and oxygen atoms in total. The summed E-state index contributed by atoms with van der Waals surface area (Å²) in [6.45, 7) is 5.16. The molecule has 2 aromatic heterocycles. The van der Waals surface area contributed by atoms with Crippen LogP contribution >= 0.6 is 0 Å². The molecule has 0 aliphatic carbocycles. The van der Waals surface area contributed by atoms with Gasteiger partial charge in [-0.1, -0.05) is 42.5 Å². The predicted molar refractivity (Wildman–Crippen MR) is 125 cm³/mol. The van der Waals surface area contributed by atoms with Gasteiger partial charge in [-0.2, -0.15) is 5.10 Å². The van der Waals surface area contributed by atoms with E-state index >= 15 is 0 Å². The third-order valence-corrected chi connectivity index (χ3v) is 5.35. The Morgan fingerprint density at radius 1 is 1.06 bits per heavy atom. The summed E-state index contributed by atoms with van der Waals surface area (Å²) in [6, 6.07) is 20.5. The Morgan fingerprint density at radius 2 is 1.91 bits per heavy atom. The summed E-state index contributed by atoms with van der Waals surface area (Å²) in [5, 5.41) is 19.6. The summed E-state index contributed by atoms with van der Waals surface area (Å²) in [6.07, 6.45) is 3.72. The molecule has 4 rings (SSSR count). The lowest BCUT2D eigenvalue weighted by atomic mass is 10.1. The van der Waals surface area contributed by atoms with Crippen molar-refractivity contribution in [2.75, 3.05) is 0 Å². The van der Waals surface area contributed by atoms with Gasteiger partial charge in [-0.25, -0.2) is 9.67 Å². The number of benzene rings is 2. The van der Waals surface area contributed by atoms with Gasteiger partial charge >= 0.3 is 0 Å². The van der Waals surface area contributed by atoms with Crippen LogP contribution in [-0.4, -0.2) is 30.5 Å². The minimum absolute atomic E-state index is 0.0359. The first kappa shape index (κ1) is 21.3. The summed E-state index contributed by atoms with van der Waals surface area (Å²) < 4.78 is 3.83. The minimum Gasteiger partial charge on any atom is -0.350 e. The van der Waals surface area contributed by atoms with E-state index in [1.807, 2.05) is 65.8 Å². The van der Waals surface area contributed by atoms with Crippen molar-refractivity contribution in [3.63, 3.8) is 0 Å². The van der Waals surface area contributed by atoms with Crippen LogP contribution < -0.4 is 10.6 Å². The van der Waals surface area contributed by atoms with Gasteiger partial charge < -0.3 is 15.2 Å². The fraction of sp³-hybridized carbons (Fsp3) is 0.250. The van der Waals surface area contributed by atoms with Crippen LogP contribution in [0, 0.1) is 6.92 Å². The first-order valence-electron chi connectivity index (χ1n) is 10.6. The molecule has 0 bridgehead atoms. The monoisotopic (exact) mass is 428 g/mol. The zero-order valence-electron chi connectivity index (χ0n) is 18.6. The van der Waals surface area contributed by atoms with E-state index in [4.69, 9.17) is 4.99 Å². The molecule has 0 fully saturated rings. The number of hydrogen-bond donors (Lipinski definition) is 2. The SMILES string of the molecule is Cc1nnc(CNC(=NCc2ccccc2)NC(C)c2cccc(-n3cccn3)c2)n1C. The maximum absolute atomic E-state index is 4.80. The molecule has 0 radical (unpaired) electrons. The van der Waals surface area contributed by atoms with E-state index in [2.05, 4.69) is 57.1 Å². The Labute approximate surface area is 188 Å². The van der Waals surface area contributed by atoms with E-state index in [0.717, 1.165) is 28.5 Å². The van der Waals surface area contributed by atoms with Crippen molar-refractivity contribution in [1.29, 1.82) is 0 Å². The van der Waals surface area contributed by atoms with Crippen molar-refractivity contribution in [2.45, 2.75) is 33.0 Å². The van der Waals surface area contributed by atoms with Crippen LogP contribution in [0.25, 0.3) is 5.69 Å². The molecule has 8 heteroatoms. The van der Waals surface area contributed by atoms with E-state index in [-0.39, 0.29) is 6.04 Å². The van der Waals surface area contributed by atoms with E-state index in [9.17, 15) is 0 Å². The summed E-state index contributed by atoms with van der Waals surface area (Å²) >= 11 is 0. The van der Waals surface area contributed by atoms with Gasteiger partial charge in [0.1, 0.15) is 5.82 Å². The maximum atomic E-state index is 4.80. The van der Waals surface area contributed by atoms with Crippen molar-refractivity contribution in [3.05, 3.63) is 95.8 Å². The molecule has 1 atom stereocenters. The Balaban J connectivity index is 1.51. The highest BCUT2D eigenvalue weighted by molar-refractivity contribution is 5.80. The highest BCUT2D eigenvalue weighted by Crippen LogP contribution is 2.16. The molecule has 2 N–H and O–H groups in total. The van der Waals surface area contributed by atoms with Crippen molar-refractivity contribution in [1.82, 2.24) is 35.2 Å². The number of nitrogens with zero attached hydrogens (tertiary/aromatic N) is 6.